The zero-order valence-corrected chi connectivity index (χ0v) is 10.7. The summed E-state index contributed by atoms with van der Waals surface area (Å²) < 4.78 is 18.4. The molecule has 0 atom stereocenters. The summed E-state index contributed by atoms with van der Waals surface area (Å²) in [5.41, 5.74) is 1.47. The minimum absolute atomic E-state index is 0.0000331. The molecule has 0 amide bonds. The van der Waals surface area contributed by atoms with Crippen LogP contribution in [0.1, 0.15) is 11.1 Å². The van der Waals surface area contributed by atoms with Gasteiger partial charge < -0.3 is 4.74 Å². The molecule has 0 saturated carbocycles. The fraction of sp³-hybridized carbons (Fsp3) is 0.188. The third-order valence-electron chi connectivity index (χ3n) is 2.77. The van der Waals surface area contributed by atoms with Crippen LogP contribution in [0.5, 0.6) is 5.75 Å². The van der Waals surface area contributed by atoms with Gasteiger partial charge in [-0.3, -0.25) is 4.79 Å². The number of rotatable bonds is 5. The number of carbonyl (C=O) groups excluding carboxylic acids is 1. The summed E-state index contributed by atoms with van der Waals surface area (Å²) in [6.45, 7) is 1.66. The van der Waals surface area contributed by atoms with Crippen LogP contribution in [-0.2, 0) is 11.2 Å². The smallest absolute Gasteiger partial charge is 0.174 e. The molecule has 2 rings (SSSR count). The maximum Gasteiger partial charge on any atom is 0.174 e. The zero-order valence-electron chi connectivity index (χ0n) is 10.7. The highest BCUT2D eigenvalue weighted by Gasteiger charge is 2.06. The lowest BCUT2D eigenvalue weighted by atomic mass is 10.1. The van der Waals surface area contributed by atoms with Crippen molar-refractivity contribution in [2.45, 2.75) is 13.3 Å². The Kier molecular flexibility index (Phi) is 4.29. The molecular formula is C16H15FO2. The van der Waals surface area contributed by atoms with Crippen LogP contribution in [0.25, 0.3) is 0 Å². The van der Waals surface area contributed by atoms with Crippen molar-refractivity contribution >= 4 is 5.78 Å². The van der Waals surface area contributed by atoms with E-state index >= 15 is 0 Å². The van der Waals surface area contributed by atoms with Crippen molar-refractivity contribution in [3.63, 3.8) is 0 Å². The number of Topliss-reactive ketones (excluding diaryl/α,β-unsaturated/α-hetero) is 1. The molecule has 2 aromatic rings. The molecule has 0 aliphatic heterocycles. The molecule has 0 saturated heterocycles. The molecule has 2 aromatic carbocycles. The van der Waals surface area contributed by atoms with Crippen molar-refractivity contribution in [2.24, 2.45) is 0 Å². The first kappa shape index (κ1) is 13.3. The first-order chi connectivity index (χ1) is 9.15. The molecule has 0 bridgehead atoms. The van der Waals surface area contributed by atoms with Crippen LogP contribution >= 0.6 is 0 Å². The summed E-state index contributed by atoms with van der Waals surface area (Å²) in [6.07, 6.45) is 0.348. The molecule has 0 aliphatic carbocycles. The fourth-order valence-electron chi connectivity index (χ4n) is 1.75. The number of carbonyl (C=O) groups is 1. The molecule has 3 heteroatoms. The summed E-state index contributed by atoms with van der Waals surface area (Å²) in [4.78, 5) is 11.7. The standard InChI is InChI=1S/C16H15FO2/c1-12-9-15(7-8-16(12)17)19-11-14(18)10-13-5-3-2-4-6-13/h2-9H,10-11H2,1H3. The van der Waals surface area contributed by atoms with Crippen molar-refractivity contribution in [1.82, 2.24) is 0 Å². The van der Waals surface area contributed by atoms with Crippen LogP contribution < -0.4 is 4.74 Å². The second-order valence-corrected chi connectivity index (χ2v) is 4.40. The lowest BCUT2D eigenvalue weighted by molar-refractivity contribution is -0.120. The van der Waals surface area contributed by atoms with E-state index in [9.17, 15) is 9.18 Å². The lowest BCUT2D eigenvalue weighted by Crippen LogP contribution is -2.13. The Morgan fingerprint density at radius 2 is 1.89 bits per heavy atom. The van der Waals surface area contributed by atoms with Crippen molar-refractivity contribution < 1.29 is 13.9 Å². The van der Waals surface area contributed by atoms with E-state index in [4.69, 9.17) is 4.74 Å². The number of hydrogen-bond donors (Lipinski definition) is 0. The van der Waals surface area contributed by atoms with Gasteiger partial charge in [0.2, 0.25) is 0 Å². The van der Waals surface area contributed by atoms with Crippen LogP contribution in [-0.4, -0.2) is 12.4 Å². The molecule has 0 aliphatic rings. The van der Waals surface area contributed by atoms with Gasteiger partial charge in [0.1, 0.15) is 18.2 Å². The van der Waals surface area contributed by atoms with Crippen molar-refractivity contribution in [3.05, 3.63) is 65.5 Å². The number of hydrogen-bond acceptors (Lipinski definition) is 2. The van der Waals surface area contributed by atoms with Gasteiger partial charge in [-0.25, -0.2) is 4.39 Å². The quantitative estimate of drug-likeness (QED) is 0.822. The van der Waals surface area contributed by atoms with Crippen molar-refractivity contribution in [2.75, 3.05) is 6.61 Å². The minimum atomic E-state index is -0.275. The maximum absolute atomic E-state index is 13.1. The predicted molar refractivity (Wildman–Crippen MR) is 71.8 cm³/mol. The lowest BCUT2D eigenvalue weighted by Gasteiger charge is -2.06. The van der Waals surface area contributed by atoms with Crippen molar-refractivity contribution in [3.8, 4) is 5.75 Å². The van der Waals surface area contributed by atoms with Gasteiger partial charge in [-0.1, -0.05) is 30.3 Å². The highest BCUT2D eigenvalue weighted by atomic mass is 19.1. The molecule has 0 fully saturated rings. The number of ether oxygens (including phenoxy) is 1. The third-order valence-corrected chi connectivity index (χ3v) is 2.77. The number of ketones is 1. The Morgan fingerprint density at radius 1 is 1.16 bits per heavy atom. The van der Waals surface area contributed by atoms with E-state index in [-0.39, 0.29) is 18.2 Å². The van der Waals surface area contributed by atoms with Gasteiger partial charge >= 0.3 is 0 Å². The second-order valence-electron chi connectivity index (χ2n) is 4.40. The summed E-state index contributed by atoms with van der Waals surface area (Å²) in [5.74, 6) is 0.233. The van der Waals surface area contributed by atoms with Crippen LogP contribution in [0.4, 0.5) is 4.39 Å². The van der Waals surface area contributed by atoms with Crippen LogP contribution in [0.3, 0.4) is 0 Å². The molecule has 0 N–H and O–H groups in total. The summed E-state index contributed by atoms with van der Waals surface area (Å²) in [7, 11) is 0. The molecule has 0 unspecified atom stereocenters. The van der Waals surface area contributed by atoms with Crippen LogP contribution in [0.15, 0.2) is 48.5 Å². The van der Waals surface area contributed by atoms with E-state index in [0.29, 0.717) is 17.7 Å². The van der Waals surface area contributed by atoms with Gasteiger partial charge in [0.25, 0.3) is 0 Å². The Morgan fingerprint density at radius 3 is 2.58 bits per heavy atom. The first-order valence-corrected chi connectivity index (χ1v) is 6.10. The van der Waals surface area contributed by atoms with Gasteiger partial charge in [0.05, 0.1) is 0 Å². The molecule has 2 nitrogen and oxygen atoms in total. The first-order valence-electron chi connectivity index (χ1n) is 6.10. The largest absolute Gasteiger partial charge is 0.486 e. The highest BCUT2D eigenvalue weighted by Crippen LogP contribution is 2.15. The molecule has 19 heavy (non-hydrogen) atoms. The van der Waals surface area contributed by atoms with Gasteiger partial charge in [-0.15, -0.1) is 0 Å². The second kappa shape index (κ2) is 6.14. The zero-order chi connectivity index (χ0) is 13.7. The van der Waals surface area contributed by atoms with E-state index < -0.39 is 0 Å². The van der Waals surface area contributed by atoms with E-state index in [2.05, 4.69) is 0 Å². The minimum Gasteiger partial charge on any atom is -0.486 e. The Balaban J connectivity index is 1.88. The van der Waals surface area contributed by atoms with Gasteiger partial charge in [0.15, 0.2) is 5.78 Å². The summed E-state index contributed by atoms with van der Waals surface area (Å²) in [6, 6.07) is 14.0. The maximum atomic E-state index is 13.1. The molecule has 0 spiro atoms. The van der Waals surface area contributed by atoms with E-state index in [1.807, 2.05) is 30.3 Å². The summed E-state index contributed by atoms with van der Waals surface area (Å²) in [5, 5.41) is 0. The average Bonchev–Trinajstić information content (AvgIpc) is 2.41. The third kappa shape index (κ3) is 3.91. The molecular weight excluding hydrogens is 243 g/mol. The molecule has 0 aromatic heterocycles. The topological polar surface area (TPSA) is 26.3 Å². The van der Waals surface area contributed by atoms with E-state index in [0.717, 1.165) is 5.56 Å². The number of benzene rings is 2. The van der Waals surface area contributed by atoms with Crippen LogP contribution in [0, 0.1) is 12.7 Å². The normalized spacial score (nSPS) is 10.2. The highest BCUT2D eigenvalue weighted by molar-refractivity contribution is 5.82. The van der Waals surface area contributed by atoms with Crippen molar-refractivity contribution in [1.29, 1.82) is 0 Å². The Bertz CT molecular complexity index is 564. The Labute approximate surface area is 111 Å². The molecule has 0 heterocycles. The van der Waals surface area contributed by atoms with Gasteiger partial charge in [0, 0.05) is 6.42 Å². The summed E-state index contributed by atoms with van der Waals surface area (Å²) >= 11 is 0. The molecule has 0 radical (unpaired) electrons. The molecule has 98 valence electrons. The number of halogens is 1. The van der Waals surface area contributed by atoms with Gasteiger partial charge in [-0.2, -0.15) is 0 Å². The van der Waals surface area contributed by atoms with E-state index in [1.165, 1.54) is 12.1 Å². The average molecular weight is 258 g/mol. The fourth-order valence-corrected chi connectivity index (χ4v) is 1.75. The SMILES string of the molecule is Cc1cc(OCC(=O)Cc2ccccc2)ccc1F. The van der Waals surface area contributed by atoms with Crippen LogP contribution in [0.2, 0.25) is 0 Å². The predicted octanol–water partition coefficient (Wildman–Crippen LogP) is 3.32. The Hall–Kier alpha value is -2.16. The monoisotopic (exact) mass is 258 g/mol. The van der Waals surface area contributed by atoms with Gasteiger partial charge in [-0.05, 0) is 36.2 Å². The number of aryl methyl sites for hydroxylation is 1. The van der Waals surface area contributed by atoms with E-state index in [1.54, 1.807) is 13.0 Å².